The van der Waals surface area contributed by atoms with Crippen LogP contribution in [0.15, 0.2) is 12.1 Å². The molecule has 46 heavy (non-hydrogen) atoms. The van der Waals surface area contributed by atoms with E-state index in [1.807, 2.05) is 20.1 Å². The van der Waals surface area contributed by atoms with E-state index in [4.69, 9.17) is 30.2 Å². The Hall–Kier alpha value is -2.60. The highest BCUT2D eigenvalue weighted by Gasteiger charge is 2.82. The molecule has 11 nitrogen and oxygen atoms in total. The fraction of sp³-hybridized carbons (Fsp3) is 0.771. The molecule has 4 bridgehead atoms. The van der Waals surface area contributed by atoms with Crippen LogP contribution in [0.3, 0.4) is 0 Å². The highest BCUT2D eigenvalue weighted by molar-refractivity contribution is 5.73. The van der Waals surface area contributed by atoms with Gasteiger partial charge in [-0.3, -0.25) is 9.69 Å². The van der Waals surface area contributed by atoms with Gasteiger partial charge in [0.05, 0.1) is 5.60 Å². The number of piperidine rings is 1. The Labute approximate surface area is 272 Å². The van der Waals surface area contributed by atoms with Crippen LogP contribution in [0.5, 0.6) is 11.5 Å². The van der Waals surface area contributed by atoms with Crippen LogP contribution >= 0.6 is 0 Å². The average molecular weight is 646 g/mol. The van der Waals surface area contributed by atoms with E-state index in [-0.39, 0.29) is 39.9 Å². The molecule has 7 aliphatic rings. The normalized spacial score (nSPS) is 35.4. The number of primary amides is 1. The van der Waals surface area contributed by atoms with Crippen molar-refractivity contribution >= 4 is 12.1 Å². The van der Waals surface area contributed by atoms with Crippen molar-refractivity contribution in [2.24, 2.45) is 40.1 Å². The van der Waals surface area contributed by atoms with Gasteiger partial charge < -0.3 is 41.4 Å². The van der Waals surface area contributed by atoms with Crippen LogP contribution in [0.25, 0.3) is 0 Å². The highest BCUT2D eigenvalue weighted by Crippen LogP contribution is 2.78. The van der Waals surface area contributed by atoms with Gasteiger partial charge in [0.25, 0.3) is 0 Å². The molecule has 1 aromatic rings. The van der Waals surface area contributed by atoms with Crippen molar-refractivity contribution in [3.05, 3.63) is 23.3 Å². The van der Waals surface area contributed by atoms with Gasteiger partial charge in [-0.15, -0.1) is 0 Å². The fourth-order valence-corrected chi connectivity index (χ4v) is 9.87. The van der Waals surface area contributed by atoms with Gasteiger partial charge in [0.1, 0.15) is 17.7 Å². The number of nitrogens with two attached hydrogens (primary N) is 2. The third-order valence-corrected chi connectivity index (χ3v) is 12.9. The minimum atomic E-state index is -1.33. The molecule has 2 aliphatic heterocycles. The number of likely N-dealkylation sites (tertiary alicyclic amines) is 1. The first kappa shape index (κ1) is 34.7. The number of nitrogens with zero attached hydrogens (tertiary/aromatic N) is 1. The lowest BCUT2D eigenvalue weighted by molar-refractivity contribution is -0.312. The number of hydrogen-bond donors (Lipinski definition) is 6. The van der Waals surface area contributed by atoms with Crippen LogP contribution < -0.4 is 16.2 Å². The van der Waals surface area contributed by atoms with E-state index in [9.17, 15) is 15.0 Å². The lowest BCUT2D eigenvalue weighted by Gasteiger charge is -2.75. The second kappa shape index (κ2) is 11.5. The minimum Gasteiger partial charge on any atom is -0.504 e. The zero-order valence-electron chi connectivity index (χ0n) is 28.5. The number of fused-ring (bicyclic) bond motifs is 2. The molecule has 1 aromatic carbocycles. The van der Waals surface area contributed by atoms with Crippen LogP contribution in [-0.4, -0.2) is 87.0 Å². The van der Waals surface area contributed by atoms with E-state index >= 15 is 0 Å². The summed E-state index contributed by atoms with van der Waals surface area (Å²) in [6, 6.07) is 3.75. The fourth-order valence-electron chi connectivity index (χ4n) is 9.87. The Morgan fingerprint density at radius 1 is 1.13 bits per heavy atom. The molecule has 1 saturated heterocycles. The molecule has 2 heterocycles. The Morgan fingerprint density at radius 3 is 2.26 bits per heavy atom. The highest BCUT2D eigenvalue weighted by atomic mass is 16.6. The number of methoxy groups -OCH3 is 1. The summed E-state index contributed by atoms with van der Waals surface area (Å²) in [5.74, 6) is 0.893. The van der Waals surface area contributed by atoms with Crippen molar-refractivity contribution in [2.75, 3.05) is 20.2 Å². The number of hydrogen-bond acceptors (Lipinski definition) is 8. The largest absolute Gasteiger partial charge is 0.504 e. The number of carboxylic acid groups (broad SMARTS) is 2. The first-order chi connectivity index (χ1) is 21.3. The Balaban J connectivity index is 0.000000299. The maximum Gasteiger partial charge on any atom is 0.402 e. The van der Waals surface area contributed by atoms with Gasteiger partial charge in [0.2, 0.25) is 0 Å². The second-order valence-corrected chi connectivity index (χ2v) is 16.2. The second-order valence-electron chi connectivity index (χ2n) is 16.2. The summed E-state index contributed by atoms with van der Waals surface area (Å²) in [5.41, 5.74) is 9.97. The van der Waals surface area contributed by atoms with Gasteiger partial charge in [-0.05, 0) is 87.3 Å². The van der Waals surface area contributed by atoms with E-state index in [1.165, 1.54) is 30.5 Å². The molecule has 0 aromatic heterocycles. The molecule has 11 heteroatoms. The van der Waals surface area contributed by atoms with Gasteiger partial charge in [-0.1, -0.05) is 40.7 Å². The van der Waals surface area contributed by atoms with Gasteiger partial charge in [-0.25, -0.2) is 4.79 Å². The quantitative estimate of drug-likeness (QED) is 0.263. The summed E-state index contributed by atoms with van der Waals surface area (Å²) < 4.78 is 13.5. The van der Waals surface area contributed by atoms with Gasteiger partial charge in [-0.2, -0.15) is 0 Å². The number of benzene rings is 1. The molecular weight excluding hydrogens is 590 g/mol. The molecule has 5 aliphatic carbocycles. The van der Waals surface area contributed by atoms with E-state index < -0.39 is 29.3 Å². The van der Waals surface area contributed by atoms with Crippen molar-refractivity contribution in [3.63, 3.8) is 0 Å². The van der Waals surface area contributed by atoms with Crippen molar-refractivity contribution in [1.29, 1.82) is 0 Å². The molecule has 8 rings (SSSR count). The summed E-state index contributed by atoms with van der Waals surface area (Å²) in [4.78, 5) is 21.6. The molecular formula is C35H55N3O8. The van der Waals surface area contributed by atoms with Crippen LogP contribution in [0, 0.1) is 28.6 Å². The first-order valence-corrected chi connectivity index (χ1v) is 16.8. The van der Waals surface area contributed by atoms with Crippen molar-refractivity contribution in [2.45, 2.75) is 121 Å². The maximum absolute atomic E-state index is 12.2. The summed E-state index contributed by atoms with van der Waals surface area (Å²) >= 11 is 0. The average Bonchev–Trinajstić information content (AvgIpc) is 3.71. The number of aliphatic carboxylic acids is 1. The Kier molecular flexibility index (Phi) is 8.70. The zero-order chi connectivity index (χ0) is 34.2. The number of amides is 1. The third kappa shape index (κ3) is 4.99. The molecule has 258 valence electrons. The van der Waals surface area contributed by atoms with E-state index in [2.05, 4.69) is 37.5 Å². The molecule has 4 saturated carbocycles. The molecule has 8 atom stereocenters. The Morgan fingerprint density at radius 2 is 1.76 bits per heavy atom. The Bertz CT molecular complexity index is 1350. The summed E-state index contributed by atoms with van der Waals surface area (Å²) in [7, 11) is 1.83. The van der Waals surface area contributed by atoms with Crippen LogP contribution in [0.4, 0.5) is 4.79 Å². The lowest BCUT2D eigenvalue weighted by atomic mass is 9.33. The van der Waals surface area contributed by atoms with Gasteiger partial charge >= 0.3 is 12.1 Å². The monoisotopic (exact) mass is 645 g/mol. The molecule has 5 fully saturated rings. The van der Waals surface area contributed by atoms with E-state index in [1.54, 1.807) is 13.8 Å². The topological polar surface area (TPSA) is 189 Å². The van der Waals surface area contributed by atoms with Crippen molar-refractivity contribution < 1.29 is 39.5 Å². The van der Waals surface area contributed by atoms with Gasteiger partial charge in [0.15, 0.2) is 11.5 Å². The number of aromatic hydroxyl groups is 1. The predicted octanol–water partition coefficient (Wildman–Crippen LogP) is 4.09. The molecule has 1 unspecified atom stereocenters. The van der Waals surface area contributed by atoms with E-state index in [0.717, 1.165) is 44.6 Å². The SMILES string of the molecule is CC(C)C(N)C(=O)O.CO[C@@]12CC[C@@]3(C[C@@H]1[C@](C)(O)C(C)(C)C)[C@H]1Cc4ccc(O)c5c4[C@@]3(CCN1CC1CC1)[C@H]2O5.NC(=O)O. The van der Waals surface area contributed by atoms with Crippen molar-refractivity contribution in [1.82, 2.24) is 4.90 Å². The number of phenols is 1. The zero-order valence-corrected chi connectivity index (χ0v) is 28.5. The molecule has 2 spiro atoms. The number of rotatable bonds is 6. The predicted molar refractivity (Wildman–Crippen MR) is 173 cm³/mol. The molecule has 8 N–H and O–H groups in total. The summed E-state index contributed by atoms with van der Waals surface area (Å²) in [5, 5.41) is 38.6. The van der Waals surface area contributed by atoms with Crippen molar-refractivity contribution in [3.8, 4) is 11.5 Å². The van der Waals surface area contributed by atoms with Crippen LogP contribution in [0.1, 0.15) is 91.2 Å². The third-order valence-electron chi connectivity index (χ3n) is 12.9. The smallest absolute Gasteiger partial charge is 0.402 e. The number of carbonyl (C=O) groups is 2. The number of ether oxygens (including phenoxy) is 2. The molecule has 0 radical (unpaired) electrons. The number of phenolic OH excluding ortho intramolecular Hbond substituents is 1. The standard InChI is InChI=1S/C29H41NO4.C5H11NO2.CH3NO2/c1-25(2,3)26(4,32)20-15-27-10-11-29(20,33-5)24-28(27)12-13-30(16-17-6-7-17)21(27)14-18-8-9-19(31)23(34-24)22(18)28;1-3(2)4(6)5(7)8;2-1(3)4/h8-9,17,20-21,24,31-32H,6-7,10-16H2,1-5H3;3-4H,6H2,1-2H3,(H,7,8);2H2,(H,3,4)/t20-,21-,24-,26+,27-,28+,29+;;/m1../s1. The van der Waals surface area contributed by atoms with E-state index in [0.29, 0.717) is 11.8 Å². The lowest BCUT2D eigenvalue weighted by Crippen LogP contribution is -2.83. The first-order valence-electron chi connectivity index (χ1n) is 16.8. The maximum atomic E-state index is 12.2. The minimum absolute atomic E-state index is 0.0208. The van der Waals surface area contributed by atoms with Crippen LogP contribution in [-0.2, 0) is 21.4 Å². The summed E-state index contributed by atoms with van der Waals surface area (Å²) in [6.45, 7) is 14.4. The van der Waals surface area contributed by atoms with Crippen LogP contribution in [0.2, 0.25) is 0 Å². The van der Waals surface area contributed by atoms with Gasteiger partial charge in [0, 0.05) is 42.0 Å². The number of carboxylic acids is 1. The summed E-state index contributed by atoms with van der Waals surface area (Å²) in [6.07, 6.45) is 6.30. The number of aliphatic hydroxyl groups is 1. The molecule has 1 amide bonds.